The molecule has 5 heteroatoms. The van der Waals surface area contributed by atoms with Crippen LogP contribution in [0.4, 0.5) is 0 Å². The number of hydrogen-bond acceptors (Lipinski definition) is 3. The molecule has 0 aliphatic rings. The van der Waals surface area contributed by atoms with E-state index >= 15 is 0 Å². The molecule has 0 fully saturated rings. The molecule has 1 amide bonds. The van der Waals surface area contributed by atoms with Crippen LogP contribution in [0.5, 0.6) is 0 Å². The summed E-state index contributed by atoms with van der Waals surface area (Å²) in [4.78, 5) is 11.2. The molecule has 0 saturated heterocycles. The zero-order chi connectivity index (χ0) is 9.26. The number of amides is 1. The summed E-state index contributed by atoms with van der Waals surface area (Å²) in [7, 11) is 0. The Morgan fingerprint density at radius 1 is 1.46 bits per heavy atom. The molecule has 5 nitrogen and oxygen atoms in total. The Hall–Kier alpha value is -1.88. The highest BCUT2D eigenvalue weighted by atomic mass is 16.2. The molecule has 1 heterocycles. The topological polar surface area (TPSA) is 83.8 Å². The van der Waals surface area contributed by atoms with Crippen molar-refractivity contribution >= 4 is 16.8 Å². The zero-order valence-electron chi connectivity index (χ0n) is 6.74. The molecule has 2 rings (SSSR count). The second-order valence-corrected chi connectivity index (χ2v) is 2.59. The summed E-state index contributed by atoms with van der Waals surface area (Å²) in [5.41, 5.74) is 3.18. The number of carbonyl (C=O) groups is 1. The van der Waals surface area contributed by atoms with Crippen molar-refractivity contribution in [3.63, 3.8) is 0 Å². The minimum Gasteiger partial charge on any atom is -0.289 e. The van der Waals surface area contributed by atoms with E-state index in [9.17, 15) is 4.79 Å². The van der Waals surface area contributed by atoms with E-state index in [1.807, 2.05) is 29.7 Å². The lowest BCUT2D eigenvalue weighted by molar-refractivity contribution is 0.0950. The van der Waals surface area contributed by atoms with Gasteiger partial charge in [-0.05, 0) is 6.07 Å². The predicted octanol–water partition coefficient (Wildman–Crippen LogP) is 0.166. The van der Waals surface area contributed by atoms with Crippen LogP contribution in [0.3, 0.4) is 0 Å². The Labute approximate surface area is 73.9 Å². The molecule has 13 heavy (non-hydrogen) atoms. The summed E-state index contributed by atoms with van der Waals surface area (Å²) in [6.45, 7) is 0. The molecular formula is C8H8N4O. The number of aromatic amines is 1. The number of benzene rings is 1. The number of nitrogens with one attached hydrogen (secondary N) is 2. The first kappa shape index (κ1) is 7.75. The lowest BCUT2D eigenvalue weighted by atomic mass is 10.2. The SMILES string of the molecule is NNC(=O)c1n[nH]c2ccccc12. The fourth-order valence-corrected chi connectivity index (χ4v) is 1.20. The first-order valence-electron chi connectivity index (χ1n) is 3.77. The van der Waals surface area contributed by atoms with Gasteiger partial charge in [0.15, 0.2) is 5.69 Å². The Bertz CT molecular complexity index is 448. The summed E-state index contributed by atoms with van der Waals surface area (Å²) < 4.78 is 0. The fraction of sp³-hybridized carbons (Fsp3) is 0. The Balaban J connectivity index is 2.64. The van der Waals surface area contributed by atoms with E-state index in [-0.39, 0.29) is 0 Å². The molecule has 0 atom stereocenters. The van der Waals surface area contributed by atoms with Gasteiger partial charge in [0, 0.05) is 5.39 Å². The van der Waals surface area contributed by atoms with E-state index in [4.69, 9.17) is 5.84 Å². The maximum absolute atomic E-state index is 11.2. The molecule has 0 radical (unpaired) electrons. The smallest absolute Gasteiger partial charge is 0.286 e. The van der Waals surface area contributed by atoms with Crippen molar-refractivity contribution in [2.45, 2.75) is 0 Å². The molecule has 2 aromatic rings. The highest BCUT2D eigenvalue weighted by Crippen LogP contribution is 2.14. The minimum atomic E-state index is -0.391. The first-order chi connectivity index (χ1) is 6.33. The maximum atomic E-state index is 11.2. The monoisotopic (exact) mass is 176 g/mol. The number of hydrazine groups is 1. The lowest BCUT2D eigenvalue weighted by Crippen LogP contribution is -2.30. The Kier molecular flexibility index (Phi) is 1.71. The van der Waals surface area contributed by atoms with Crippen molar-refractivity contribution in [3.05, 3.63) is 30.0 Å². The van der Waals surface area contributed by atoms with Gasteiger partial charge in [0.2, 0.25) is 0 Å². The van der Waals surface area contributed by atoms with Crippen molar-refractivity contribution in [3.8, 4) is 0 Å². The molecule has 0 aliphatic heterocycles. The normalized spacial score (nSPS) is 10.2. The molecule has 1 aromatic heterocycles. The second-order valence-electron chi connectivity index (χ2n) is 2.59. The molecular weight excluding hydrogens is 168 g/mol. The number of nitrogens with two attached hydrogens (primary N) is 1. The third-order valence-electron chi connectivity index (χ3n) is 1.82. The summed E-state index contributed by atoms with van der Waals surface area (Å²) in [6.07, 6.45) is 0. The summed E-state index contributed by atoms with van der Waals surface area (Å²) in [6, 6.07) is 7.36. The number of rotatable bonds is 1. The van der Waals surface area contributed by atoms with Gasteiger partial charge in [-0.25, -0.2) is 5.84 Å². The van der Waals surface area contributed by atoms with Gasteiger partial charge in [0.25, 0.3) is 5.91 Å². The van der Waals surface area contributed by atoms with E-state index in [1.165, 1.54) is 0 Å². The largest absolute Gasteiger partial charge is 0.289 e. The Morgan fingerprint density at radius 3 is 3.00 bits per heavy atom. The van der Waals surface area contributed by atoms with Gasteiger partial charge >= 0.3 is 0 Å². The number of hydrogen-bond donors (Lipinski definition) is 3. The van der Waals surface area contributed by atoms with E-state index in [0.29, 0.717) is 5.69 Å². The molecule has 0 spiro atoms. The lowest BCUT2D eigenvalue weighted by Gasteiger charge is -1.93. The maximum Gasteiger partial charge on any atom is 0.286 e. The summed E-state index contributed by atoms with van der Waals surface area (Å²) in [5, 5.41) is 7.35. The van der Waals surface area contributed by atoms with Crippen LogP contribution in [0.2, 0.25) is 0 Å². The third kappa shape index (κ3) is 1.15. The van der Waals surface area contributed by atoms with Crippen LogP contribution in [0.15, 0.2) is 24.3 Å². The molecule has 0 aliphatic carbocycles. The van der Waals surface area contributed by atoms with Gasteiger partial charge in [-0.1, -0.05) is 18.2 Å². The average Bonchev–Trinajstić information content (AvgIpc) is 2.60. The highest BCUT2D eigenvalue weighted by Gasteiger charge is 2.11. The summed E-state index contributed by atoms with van der Waals surface area (Å²) in [5.74, 6) is 4.61. The second kappa shape index (κ2) is 2.87. The standard InChI is InChI=1S/C8H8N4O/c9-10-8(13)7-5-3-1-2-4-6(5)11-12-7/h1-4H,9H2,(H,10,13)(H,11,12). The molecule has 1 aromatic carbocycles. The number of fused-ring (bicyclic) bond motifs is 1. The van der Waals surface area contributed by atoms with Crippen molar-refractivity contribution in [2.24, 2.45) is 5.84 Å². The molecule has 0 unspecified atom stereocenters. The van der Waals surface area contributed by atoms with Gasteiger partial charge in [-0.15, -0.1) is 0 Å². The zero-order valence-corrected chi connectivity index (χ0v) is 6.74. The van der Waals surface area contributed by atoms with Crippen molar-refractivity contribution in [2.75, 3.05) is 0 Å². The van der Waals surface area contributed by atoms with Crippen LogP contribution >= 0.6 is 0 Å². The van der Waals surface area contributed by atoms with Crippen molar-refractivity contribution in [1.82, 2.24) is 15.6 Å². The van der Waals surface area contributed by atoms with Gasteiger partial charge < -0.3 is 0 Å². The number of carbonyl (C=O) groups excluding carboxylic acids is 1. The van der Waals surface area contributed by atoms with E-state index in [0.717, 1.165) is 10.9 Å². The van der Waals surface area contributed by atoms with E-state index < -0.39 is 5.91 Å². The van der Waals surface area contributed by atoms with Crippen molar-refractivity contribution in [1.29, 1.82) is 0 Å². The van der Waals surface area contributed by atoms with Crippen LogP contribution in [-0.2, 0) is 0 Å². The quantitative estimate of drug-likeness (QED) is 0.329. The summed E-state index contributed by atoms with van der Waals surface area (Å²) >= 11 is 0. The van der Waals surface area contributed by atoms with Crippen LogP contribution < -0.4 is 11.3 Å². The average molecular weight is 176 g/mol. The molecule has 0 bridgehead atoms. The number of para-hydroxylation sites is 1. The highest BCUT2D eigenvalue weighted by molar-refractivity contribution is 6.04. The minimum absolute atomic E-state index is 0.318. The van der Waals surface area contributed by atoms with Crippen molar-refractivity contribution < 1.29 is 4.79 Å². The number of aromatic nitrogens is 2. The Morgan fingerprint density at radius 2 is 2.23 bits per heavy atom. The van der Waals surface area contributed by atoms with E-state index in [2.05, 4.69) is 10.2 Å². The first-order valence-corrected chi connectivity index (χ1v) is 3.77. The number of nitrogens with zero attached hydrogens (tertiary/aromatic N) is 1. The molecule has 4 N–H and O–H groups in total. The predicted molar refractivity (Wildman–Crippen MR) is 47.7 cm³/mol. The molecule has 66 valence electrons. The van der Waals surface area contributed by atoms with Crippen LogP contribution in [0.25, 0.3) is 10.9 Å². The van der Waals surface area contributed by atoms with Crippen LogP contribution in [0.1, 0.15) is 10.5 Å². The van der Waals surface area contributed by atoms with Gasteiger partial charge in [-0.3, -0.25) is 15.3 Å². The number of nitrogen functional groups attached to an aromatic ring is 1. The van der Waals surface area contributed by atoms with Crippen LogP contribution in [-0.4, -0.2) is 16.1 Å². The van der Waals surface area contributed by atoms with Crippen LogP contribution in [0, 0.1) is 0 Å². The third-order valence-corrected chi connectivity index (χ3v) is 1.82. The fourth-order valence-electron chi connectivity index (χ4n) is 1.20. The van der Waals surface area contributed by atoms with Gasteiger partial charge in [0.1, 0.15) is 0 Å². The van der Waals surface area contributed by atoms with Gasteiger partial charge in [0.05, 0.1) is 5.52 Å². The molecule has 0 saturated carbocycles. The number of H-pyrrole nitrogens is 1. The van der Waals surface area contributed by atoms with E-state index in [1.54, 1.807) is 0 Å². The van der Waals surface area contributed by atoms with Gasteiger partial charge in [-0.2, -0.15) is 5.10 Å².